The molecule has 0 spiro atoms. The van der Waals surface area contributed by atoms with Crippen molar-refractivity contribution in [2.45, 2.75) is 6.43 Å². The van der Waals surface area contributed by atoms with Crippen LogP contribution in [0.4, 0.5) is 8.78 Å². The third-order valence-electron chi connectivity index (χ3n) is 1.48. The summed E-state index contributed by atoms with van der Waals surface area (Å²) in [6.07, 6.45) is -2.83. The van der Waals surface area contributed by atoms with E-state index in [9.17, 15) is 13.6 Å². The van der Waals surface area contributed by atoms with Gasteiger partial charge in [-0.2, -0.15) is 0 Å². The van der Waals surface area contributed by atoms with Gasteiger partial charge in [0.15, 0.2) is 0 Å². The first kappa shape index (κ1) is 9.92. The number of carbonyl (C=O) groups is 1. The number of carboxylic acids is 1. The average molecular weight is 207 g/mol. The minimum atomic E-state index is -2.83. The Morgan fingerprint density at radius 3 is 2.54 bits per heavy atom. The second kappa shape index (κ2) is 3.70. The largest absolute Gasteiger partial charge is 0.478 e. The number of alkyl halides is 2. The van der Waals surface area contributed by atoms with Crippen LogP contribution >= 0.6 is 11.6 Å². The van der Waals surface area contributed by atoms with E-state index in [-0.39, 0.29) is 5.02 Å². The summed E-state index contributed by atoms with van der Waals surface area (Å²) in [6.45, 7) is 0. The van der Waals surface area contributed by atoms with Gasteiger partial charge in [-0.1, -0.05) is 11.6 Å². The van der Waals surface area contributed by atoms with Gasteiger partial charge >= 0.3 is 5.97 Å². The topological polar surface area (TPSA) is 37.3 Å². The van der Waals surface area contributed by atoms with Crippen LogP contribution in [0.1, 0.15) is 22.3 Å². The number of benzene rings is 1. The van der Waals surface area contributed by atoms with Crippen LogP contribution in [0.5, 0.6) is 0 Å². The van der Waals surface area contributed by atoms with Gasteiger partial charge < -0.3 is 5.11 Å². The van der Waals surface area contributed by atoms with Crippen LogP contribution in [0.25, 0.3) is 0 Å². The molecular formula is C8H5ClF2O2. The minimum Gasteiger partial charge on any atom is -0.478 e. The quantitative estimate of drug-likeness (QED) is 0.808. The average Bonchev–Trinajstić information content (AvgIpc) is 2.03. The zero-order valence-electron chi connectivity index (χ0n) is 6.30. The summed E-state index contributed by atoms with van der Waals surface area (Å²) in [7, 11) is 0. The predicted molar refractivity (Wildman–Crippen MR) is 43.4 cm³/mol. The lowest BCUT2D eigenvalue weighted by Gasteiger charge is -2.04. The molecule has 0 amide bonds. The van der Waals surface area contributed by atoms with E-state index in [1.165, 1.54) is 6.07 Å². The van der Waals surface area contributed by atoms with Crippen molar-refractivity contribution < 1.29 is 18.7 Å². The van der Waals surface area contributed by atoms with Crippen molar-refractivity contribution in [2.75, 3.05) is 0 Å². The van der Waals surface area contributed by atoms with Crippen LogP contribution in [0.15, 0.2) is 18.2 Å². The standard InChI is InChI=1S/C8H5ClF2O2/c9-4-1-2-5(8(12)13)6(3-4)7(10)11/h1-3,7H,(H,12,13). The van der Waals surface area contributed by atoms with Gasteiger partial charge in [0.2, 0.25) is 0 Å². The first-order valence-electron chi connectivity index (χ1n) is 3.33. The maximum absolute atomic E-state index is 12.2. The summed E-state index contributed by atoms with van der Waals surface area (Å²) in [6, 6.07) is 3.28. The summed E-state index contributed by atoms with van der Waals surface area (Å²) in [4.78, 5) is 10.5. The Labute approximate surface area is 77.8 Å². The van der Waals surface area contributed by atoms with Gasteiger partial charge in [-0.25, -0.2) is 13.6 Å². The molecule has 13 heavy (non-hydrogen) atoms. The molecule has 1 N–H and O–H groups in total. The second-order valence-electron chi connectivity index (χ2n) is 2.34. The molecule has 0 radical (unpaired) electrons. The molecular weight excluding hydrogens is 202 g/mol. The molecule has 0 unspecified atom stereocenters. The first-order valence-corrected chi connectivity index (χ1v) is 3.71. The maximum Gasteiger partial charge on any atom is 0.336 e. The number of hydrogen-bond donors (Lipinski definition) is 1. The van der Waals surface area contributed by atoms with E-state index in [4.69, 9.17) is 16.7 Å². The molecule has 2 nitrogen and oxygen atoms in total. The molecule has 5 heteroatoms. The molecule has 0 aliphatic heterocycles. The Balaban J connectivity index is 3.26. The van der Waals surface area contributed by atoms with Gasteiger partial charge in [0.25, 0.3) is 6.43 Å². The molecule has 70 valence electrons. The highest BCUT2D eigenvalue weighted by Crippen LogP contribution is 2.25. The molecule has 0 atom stereocenters. The number of aromatic carboxylic acids is 1. The molecule has 0 aromatic heterocycles. The fraction of sp³-hybridized carbons (Fsp3) is 0.125. The maximum atomic E-state index is 12.2. The molecule has 1 aromatic carbocycles. The number of halogens is 3. The molecule has 0 saturated carbocycles. The highest BCUT2D eigenvalue weighted by molar-refractivity contribution is 6.30. The predicted octanol–water partition coefficient (Wildman–Crippen LogP) is 2.98. The van der Waals surface area contributed by atoms with Crippen molar-refractivity contribution in [3.63, 3.8) is 0 Å². The summed E-state index contributed by atoms with van der Waals surface area (Å²) in [5, 5.41) is 8.63. The Kier molecular flexibility index (Phi) is 2.83. The Bertz CT molecular complexity index is 339. The van der Waals surface area contributed by atoms with E-state index in [0.717, 1.165) is 12.1 Å². The van der Waals surface area contributed by atoms with Crippen molar-refractivity contribution in [1.82, 2.24) is 0 Å². The molecule has 0 aliphatic rings. The Morgan fingerprint density at radius 1 is 1.46 bits per heavy atom. The molecule has 0 bridgehead atoms. The van der Waals surface area contributed by atoms with Crippen molar-refractivity contribution in [2.24, 2.45) is 0 Å². The summed E-state index contributed by atoms with van der Waals surface area (Å²) in [5.41, 5.74) is -0.973. The fourth-order valence-electron chi connectivity index (χ4n) is 0.909. The van der Waals surface area contributed by atoms with E-state index in [1.54, 1.807) is 0 Å². The Hall–Kier alpha value is -1.16. The minimum absolute atomic E-state index is 0.0975. The van der Waals surface area contributed by atoms with Gasteiger partial charge in [0.05, 0.1) is 5.56 Å². The van der Waals surface area contributed by atoms with Gasteiger partial charge in [0.1, 0.15) is 0 Å². The second-order valence-corrected chi connectivity index (χ2v) is 2.77. The van der Waals surface area contributed by atoms with E-state index >= 15 is 0 Å². The zero-order valence-corrected chi connectivity index (χ0v) is 7.05. The van der Waals surface area contributed by atoms with Crippen LogP contribution in [0, 0.1) is 0 Å². The van der Waals surface area contributed by atoms with Gasteiger partial charge in [0, 0.05) is 10.6 Å². The Morgan fingerprint density at radius 2 is 2.08 bits per heavy atom. The van der Waals surface area contributed by atoms with E-state index in [1.807, 2.05) is 0 Å². The molecule has 1 aromatic rings. The molecule has 0 aliphatic carbocycles. The molecule has 1 rings (SSSR count). The van der Waals surface area contributed by atoms with Crippen LogP contribution < -0.4 is 0 Å². The fourth-order valence-corrected chi connectivity index (χ4v) is 1.09. The lowest BCUT2D eigenvalue weighted by molar-refractivity contribution is 0.0684. The molecule has 0 heterocycles. The normalized spacial score (nSPS) is 10.5. The van der Waals surface area contributed by atoms with Gasteiger partial charge in [-0.3, -0.25) is 0 Å². The first-order chi connectivity index (χ1) is 6.02. The third kappa shape index (κ3) is 2.15. The number of hydrogen-bond acceptors (Lipinski definition) is 1. The third-order valence-corrected chi connectivity index (χ3v) is 1.71. The van der Waals surface area contributed by atoms with Crippen molar-refractivity contribution in [1.29, 1.82) is 0 Å². The number of carboxylic acid groups (broad SMARTS) is 1. The van der Waals surface area contributed by atoms with E-state index in [2.05, 4.69) is 0 Å². The lowest BCUT2D eigenvalue weighted by Crippen LogP contribution is -2.02. The summed E-state index contributed by atoms with van der Waals surface area (Å²) < 4.78 is 24.5. The van der Waals surface area contributed by atoms with E-state index < -0.39 is 23.5 Å². The SMILES string of the molecule is O=C(O)c1ccc(Cl)cc1C(F)F. The summed E-state index contributed by atoms with van der Waals surface area (Å²) >= 11 is 5.44. The van der Waals surface area contributed by atoms with Crippen molar-refractivity contribution >= 4 is 17.6 Å². The summed E-state index contributed by atoms with van der Waals surface area (Å²) in [5.74, 6) is -1.38. The number of rotatable bonds is 2. The van der Waals surface area contributed by atoms with Crippen LogP contribution in [-0.2, 0) is 0 Å². The van der Waals surface area contributed by atoms with Crippen LogP contribution in [0.3, 0.4) is 0 Å². The lowest BCUT2D eigenvalue weighted by atomic mass is 10.1. The molecule has 0 saturated heterocycles. The molecule has 0 fully saturated rings. The van der Waals surface area contributed by atoms with E-state index in [0.29, 0.717) is 0 Å². The highest BCUT2D eigenvalue weighted by Gasteiger charge is 2.17. The monoisotopic (exact) mass is 206 g/mol. The van der Waals surface area contributed by atoms with Crippen molar-refractivity contribution in [3.05, 3.63) is 34.3 Å². The van der Waals surface area contributed by atoms with Crippen LogP contribution in [0.2, 0.25) is 5.02 Å². The van der Waals surface area contributed by atoms with Crippen LogP contribution in [-0.4, -0.2) is 11.1 Å². The van der Waals surface area contributed by atoms with Gasteiger partial charge in [-0.05, 0) is 18.2 Å². The zero-order chi connectivity index (χ0) is 10.0. The van der Waals surface area contributed by atoms with Crippen molar-refractivity contribution in [3.8, 4) is 0 Å². The smallest absolute Gasteiger partial charge is 0.336 e. The highest BCUT2D eigenvalue weighted by atomic mass is 35.5. The van der Waals surface area contributed by atoms with Gasteiger partial charge in [-0.15, -0.1) is 0 Å².